The molecule has 0 spiro atoms. The second-order valence-corrected chi connectivity index (χ2v) is 5.93. The van der Waals surface area contributed by atoms with Gasteiger partial charge in [-0.1, -0.05) is 0 Å². The quantitative estimate of drug-likeness (QED) is 0.794. The van der Waals surface area contributed by atoms with Crippen molar-refractivity contribution in [2.45, 2.75) is 32.0 Å². The Bertz CT molecular complexity index is 869. The predicted molar refractivity (Wildman–Crippen MR) is 87.7 cm³/mol. The summed E-state index contributed by atoms with van der Waals surface area (Å²) in [6.07, 6.45) is 9.73. The monoisotopic (exact) mass is 325 g/mol. The highest BCUT2D eigenvalue weighted by molar-refractivity contribution is 5.95. The molecular weight excluding hydrogens is 306 g/mol. The summed E-state index contributed by atoms with van der Waals surface area (Å²) < 4.78 is 9.56. The van der Waals surface area contributed by atoms with Crippen LogP contribution >= 0.6 is 0 Å². The SMILES string of the molecule is CCn1cc([C@H]2OCC[C@@H]2NC(=O)c2ccn3cncc3c2)cn1. The zero-order valence-corrected chi connectivity index (χ0v) is 13.4. The van der Waals surface area contributed by atoms with Crippen LogP contribution in [0, 0.1) is 0 Å². The number of aromatic nitrogens is 4. The maximum atomic E-state index is 12.6. The van der Waals surface area contributed by atoms with E-state index in [2.05, 4.69) is 15.4 Å². The van der Waals surface area contributed by atoms with Gasteiger partial charge in [0.15, 0.2) is 0 Å². The Kier molecular flexibility index (Phi) is 3.78. The van der Waals surface area contributed by atoms with Gasteiger partial charge in [0.05, 0.1) is 30.3 Å². The molecule has 3 aromatic heterocycles. The molecule has 4 rings (SSSR count). The van der Waals surface area contributed by atoms with Gasteiger partial charge in [0.2, 0.25) is 0 Å². The lowest BCUT2D eigenvalue weighted by atomic mass is 10.0. The number of imidazole rings is 1. The highest BCUT2D eigenvalue weighted by Crippen LogP contribution is 2.29. The van der Waals surface area contributed by atoms with E-state index in [0.29, 0.717) is 12.2 Å². The molecule has 1 aliphatic heterocycles. The molecule has 0 radical (unpaired) electrons. The van der Waals surface area contributed by atoms with Gasteiger partial charge < -0.3 is 14.5 Å². The normalized spacial score (nSPS) is 20.5. The third-order valence-corrected chi connectivity index (χ3v) is 4.39. The van der Waals surface area contributed by atoms with Crippen molar-refractivity contribution < 1.29 is 9.53 Å². The number of amides is 1. The molecule has 1 amide bonds. The summed E-state index contributed by atoms with van der Waals surface area (Å²) in [6.45, 7) is 3.49. The van der Waals surface area contributed by atoms with E-state index < -0.39 is 0 Å². The van der Waals surface area contributed by atoms with E-state index in [9.17, 15) is 4.79 Å². The van der Waals surface area contributed by atoms with Crippen LogP contribution in [0.2, 0.25) is 0 Å². The van der Waals surface area contributed by atoms with Crippen LogP contribution in [-0.2, 0) is 11.3 Å². The highest BCUT2D eigenvalue weighted by atomic mass is 16.5. The molecule has 0 saturated carbocycles. The lowest BCUT2D eigenvalue weighted by Crippen LogP contribution is -2.36. The van der Waals surface area contributed by atoms with E-state index in [4.69, 9.17) is 4.74 Å². The maximum Gasteiger partial charge on any atom is 0.251 e. The van der Waals surface area contributed by atoms with E-state index in [1.54, 1.807) is 18.6 Å². The molecule has 1 saturated heterocycles. The molecule has 1 aliphatic rings. The van der Waals surface area contributed by atoms with Gasteiger partial charge in [-0.15, -0.1) is 0 Å². The smallest absolute Gasteiger partial charge is 0.251 e. The largest absolute Gasteiger partial charge is 0.371 e. The number of hydrogen-bond donors (Lipinski definition) is 1. The zero-order chi connectivity index (χ0) is 16.5. The van der Waals surface area contributed by atoms with Crippen LogP contribution in [0.1, 0.15) is 35.4 Å². The summed E-state index contributed by atoms with van der Waals surface area (Å²) in [7, 11) is 0. The first-order valence-electron chi connectivity index (χ1n) is 8.11. The molecule has 4 heterocycles. The number of nitrogens with zero attached hydrogens (tertiary/aromatic N) is 4. The molecule has 0 aromatic carbocycles. The van der Waals surface area contributed by atoms with Crippen molar-refractivity contribution in [3.63, 3.8) is 0 Å². The molecule has 24 heavy (non-hydrogen) atoms. The fraction of sp³-hybridized carbons (Fsp3) is 0.353. The molecule has 1 N–H and O–H groups in total. The molecule has 7 nitrogen and oxygen atoms in total. The number of hydrogen-bond acceptors (Lipinski definition) is 4. The third-order valence-electron chi connectivity index (χ3n) is 4.39. The first-order valence-corrected chi connectivity index (χ1v) is 8.11. The van der Waals surface area contributed by atoms with Crippen molar-refractivity contribution in [2.75, 3.05) is 6.61 Å². The fourth-order valence-electron chi connectivity index (χ4n) is 3.08. The van der Waals surface area contributed by atoms with Crippen LogP contribution in [0.15, 0.2) is 43.2 Å². The van der Waals surface area contributed by atoms with Gasteiger partial charge in [0, 0.05) is 36.7 Å². The highest BCUT2D eigenvalue weighted by Gasteiger charge is 2.32. The molecule has 0 unspecified atom stereocenters. The number of ether oxygens (including phenoxy) is 1. The Morgan fingerprint density at radius 2 is 2.38 bits per heavy atom. The van der Waals surface area contributed by atoms with Crippen molar-refractivity contribution in [3.05, 3.63) is 54.4 Å². The Labute approximate surface area is 139 Å². The van der Waals surface area contributed by atoms with Crippen molar-refractivity contribution >= 4 is 11.4 Å². The average Bonchev–Trinajstić information content (AvgIpc) is 3.33. The number of rotatable bonds is 4. The van der Waals surface area contributed by atoms with Gasteiger partial charge in [0.25, 0.3) is 5.91 Å². The minimum Gasteiger partial charge on any atom is -0.371 e. The van der Waals surface area contributed by atoms with E-state index in [1.807, 2.05) is 40.7 Å². The minimum absolute atomic E-state index is 0.0480. The van der Waals surface area contributed by atoms with Gasteiger partial charge in [-0.25, -0.2) is 4.98 Å². The first kappa shape index (κ1) is 14.9. The van der Waals surface area contributed by atoms with E-state index in [1.165, 1.54) is 0 Å². The van der Waals surface area contributed by atoms with Crippen LogP contribution in [0.5, 0.6) is 0 Å². The number of nitrogens with one attached hydrogen (secondary N) is 1. The molecule has 3 aromatic rings. The van der Waals surface area contributed by atoms with Gasteiger partial charge in [-0.2, -0.15) is 5.10 Å². The van der Waals surface area contributed by atoms with Gasteiger partial charge in [0.1, 0.15) is 6.10 Å². The Morgan fingerprint density at radius 3 is 3.21 bits per heavy atom. The van der Waals surface area contributed by atoms with E-state index in [0.717, 1.165) is 24.0 Å². The topological polar surface area (TPSA) is 73.5 Å². The summed E-state index contributed by atoms with van der Waals surface area (Å²) in [5.74, 6) is -0.0953. The Hall–Kier alpha value is -2.67. The minimum atomic E-state index is -0.145. The van der Waals surface area contributed by atoms with E-state index in [-0.39, 0.29) is 18.1 Å². The molecule has 0 bridgehead atoms. The van der Waals surface area contributed by atoms with Crippen LogP contribution in [0.4, 0.5) is 0 Å². The number of carbonyl (C=O) groups is 1. The van der Waals surface area contributed by atoms with Gasteiger partial charge in [-0.3, -0.25) is 9.48 Å². The zero-order valence-electron chi connectivity index (χ0n) is 13.4. The van der Waals surface area contributed by atoms with Crippen LogP contribution in [-0.4, -0.2) is 37.7 Å². The van der Waals surface area contributed by atoms with Crippen LogP contribution in [0.3, 0.4) is 0 Å². The summed E-state index contributed by atoms with van der Waals surface area (Å²) in [5.41, 5.74) is 2.52. The summed E-state index contributed by atoms with van der Waals surface area (Å²) in [4.78, 5) is 16.7. The van der Waals surface area contributed by atoms with Crippen molar-refractivity contribution in [1.29, 1.82) is 0 Å². The predicted octanol–water partition coefficient (Wildman–Crippen LogP) is 1.81. The second-order valence-electron chi connectivity index (χ2n) is 5.93. The summed E-state index contributed by atoms with van der Waals surface area (Å²) in [5, 5.41) is 7.39. The molecule has 2 atom stereocenters. The lowest BCUT2D eigenvalue weighted by Gasteiger charge is -2.19. The molecule has 124 valence electrons. The third kappa shape index (κ3) is 2.67. The Balaban J connectivity index is 1.51. The van der Waals surface area contributed by atoms with Crippen LogP contribution < -0.4 is 5.32 Å². The fourth-order valence-corrected chi connectivity index (χ4v) is 3.08. The first-order chi connectivity index (χ1) is 11.7. The average molecular weight is 325 g/mol. The molecule has 1 fully saturated rings. The second kappa shape index (κ2) is 6.09. The lowest BCUT2D eigenvalue weighted by molar-refractivity contribution is 0.0821. The Morgan fingerprint density at radius 1 is 1.46 bits per heavy atom. The number of carbonyl (C=O) groups excluding carboxylic acids is 1. The van der Waals surface area contributed by atoms with Crippen LogP contribution in [0.25, 0.3) is 5.52 Å². The maximum absolute atomic E-state index is 12.6. The molecular formula is C17H19N5O2. The standard InChI is InChI=1S/C17H19N5O2/c1-2-22-10-13(8-19-22)16-15(4-6-24-16)20-17(23)12-3-5-21-11-18-9-14(21)7-12/h3,5,7-11,15-16H,2,4,6H2,1H3,(H,20,23)/t15-,16+/m0/s1. The van der Waals surface area contributed by atoms with E-state index >= 15 is 0 Å². The molecule has 7 heteroatoms. The number of pyridine rings is 1. The van der Waals surface area contributed by atoms with Gasteiger partial charge in [-0.05, 0) is 25.5 Å². The van der Waals surface area contributed by atoms with Crippen molar-refractivity contribution in [3.8, 4) is 0 Å². The summed E-state index contributed by atoms with van der Waals surface area (Å²) in [6, 6.07) is 3.58. The van der Waals surface area contributed by atoms with Crippen molar-refractivity contribution in [2.24, 2.45) is 0 Å². The van der Waals surface area contributed by atoms with Gasteiger partial charge >= 0.3 is 0 Å². The van der Waals surface area contributed by atoms with Crippen molar-refractivity contribution in [1.82, 2.24) is 24.5 Å². The summed E-state index contributed by atoms with van der Waals surface area (Å²) >= 11 is 0. The number of aryl methyl sites for hydroxylation is 1. The number of fused-ring (bicyclic) bond motifs is 1. The molecule has 0 aliphatic carbocycles.